The van der Waals surface area contributed by atoms with Crippen molar-refractivity contribution in [1.82, 2.24) is 0 Å². The number of carbonyl (C=O) groups is 1. The van der Waals surface area contributed by atoms with E-state index in [1.165, 1.54) is 36.8 Å². The van der Waals surface area contributed by atoms with Crippen LogP contribution < -0.4 is 10.5 Å². The Balaban J connectivity index is 1.43. The van der Waals surface area contributed by atoms with Crippen LogP contribution >= 0.6 is 0 Å². The normalized spacial score (nSPS) is 25.0. The minimum absolute atomic E-state index is 0.0232. The first-order valence-corrected chi connectivity index (χ1v) is 12.7. The quantitative estimate of drug-likeness (QED) is 0.268. The molecule has 0 unspecified atom stereocenters. The van der Waals surface area contributed by atoms with Gasteiger partial charge in [-0.15, -0.1) is 0 Å². The van der Waals surface area contributed by atoms with Crippen molar-refractivity contribution < 1.29 is 19.0 Å². The van der Waals surface area contributed by atoms with Gasteiger partial charge in [-0.25, -0.2) is 0 Å². The molecule has 0 aliphatic heterocycles. The van der Waals surface area contributed by atoms with Crippen molar-refractivity contribution in [1.29, 1.82) is 0 Å². The van der Waals surface area contributed by atoms with E-state index in [9.17, 15) is 4.79 Å². The number of carbonyl (C=O) groups excluding carboxylic acids is 1. The molecule has 1 aromatic carbocycles. The first-order valence-electron chi connectivity index (χ1n) is 12.7. The predicted octanol–water partition coefficient (Wildman–Crippen LogP) is 5.32. The molecule has 180 valence electrons. The van der Waals surface area contributed by atoms with Crippen molar-refractivity contribution in [3.63, 3.8) is 0 Å². The molecule has 0 radical (unpaired) electrons. The standard InChI is InChI=1S/C27H43NO4/c1-27-15-7-3-5-11-22(26(27)28)19-21-13-14-23(20-24(21)27)32-25(29)12-6-4-8-17-31-18-10-9-16-30-2/h13-14,20,22,26H,3-12,15-19,28H2,1-2H3/t22-,26-,27+/m0/s1. The average Bonchev–Trinajstić information content (AvgIpc) is 2.78. The Labute approximate surface area is 194 Å². The topological polar surface area (TPSA) is 70.8 Å². The molecular weight excluding hydrogens is 402 g/mol. The zero-order valence-corrected chi connectivity index (χ0v) is 20.2. The van der Waals surface area contributed by atoms with Crippen LogP contribution in [-0.4, -0.2) is 38.9 Å². The molecule has 2 bridgehead atoms. The van der Waals surface area contributed by atoms with Crippen LogP contribution in [0, 0.1) is 5.92 Å². The molecule has 2 aliphatic rings. The molecule has 0 aromatic heterocycles. The second kappa shape index (κ2) is 12.7. The predicted molar refractivity (Wildman–Crippen MR) is 128 cm³/mol. The van der Waals surface area contributed by atoms with Gasteiger partial charge in [-0.2, -0.15) is 0 Å². The highest BCUT2D eigenvalue weighted by Gasteiger charge is 2.43. The Morgan fingerprint density at radius 3 is 2.66 bits per heavy atom. The average molecular weight is 446 g/mol. The van der Waals surface area contributed by atoms with E-state index in [1.54, 1.807) is 7.11 Å². The van der Waals surface area contributed by atoms with E-state index < -0.39 is 0 Å². The van der Waals surface area contributed by atoms with Gasteiger partial charge in [-0.05, 0) is 74.1 Å². The van der Waals surface area contributed by atoms with E-state index in [0.29, 0.717) is 18.1 Å². The Morgan fingerprint density at radius 2 is 1.84 bits per heavy atom. The Kier molecular flexibility index (Phi) is 10.0. The van der Waals surface area contributed by atoms with E-state index in [0.717, 1.165) is 64.8 Å². The fourth-order valence-electron chi connectivity index (χ4n) is 5.48. The lowest BCUT2D eigenvalue weighted by Crippen LogP contribution is -2.52. The molecule has 1 fully saturated rings. The van der Waals surface area contributed by atoms with Crippen LogP contribution in [0.2, 0.25) is 0 Å². The molecule has 5 nitrogen and oxygen atoms in total. The summed E-state index contributed by atoms with van der Waals surface area (Å²) >= 11 is 0. The fourth-order valence-corrected chi connectivity index (χ4v) is 5.48. The van der Waals surface area contributed by atoms with E-state index in [1.807, 2.05) is 6.07 Å². The van der Waals surface area contributed by atoms with E-state index >= 15 is 0 Å². The molecule has 0 heterocycles. The van der Waals surface area contributed by atoms with Crippen LogP contribution in [0.25, 0.3) is 0 Å². The van der Waals surface area contributed by atoms with Crippen molar-refractivity contribution in [2.75, 3.05) is 26.9 Å². The SMILES string of the molecule is COCCCCOCCCCCC(=O)Oc1ccc2c(c1)[C@@]1(C)CCCCC[C@@H](C2)[C@@H]1N. The molecule has 0 spiro atoms. The molecule has 3 rings (SSSR count). The second-order valence-electron chi connectivity index (χ2n) is 9.92. The number of hydrogen-bond acceptors (Lipinski definition) is 5. The summed E-state index contributed by atoms with van der Waals surface area (Å²) in [5.74, 6) is 1.09. The maximum absolute atomic E-state index is 12.4. The van der Waals surface area contributed by atoms with Crippen LogP contribution in [0.1, 0.15) is 88.7 Å². The Bertz CT molecular complexity index is 722. The number of rotatable bonds is 12. The summed E-state index contributed by atoms with van der Waals surface area (Å²) in [5, 5.41) is 0. The summed E-state index contributed by atoms with van der Waals surface area (Å²) in [7, 11) is 1.72. The second-order valence-corrected chi connectivity index (χ2v) is 9.92. The van der Waals surface area contributed by atoms with Crippen molar-refractivity contribution in [2.24, 2.45) is 11.7 Å². The minimum Gasteiger partial charge on any atom is -0.427 e. The van der Waals surface area contributed by atoms with E-state index in [2.05, 4.69) is 19.1 Å². The number of fused-ring (bicyclic) bond motifs is 4. The van der Waals surface area contributed by atoms with Gasteiger partial charge in [-0.3, -0.25) is 4.79 Å². The summed E-state index contributed by atoms with van der Waals surface area (Å²) in [6.07, 6.45) is 12.5. The lowest BCUT2D eigenvalue weighted by Gasteiger charge is -2.47. The number of methoxy groups -OCH3 is 1. The third-order valence-corrected chi connectivity index (χ3v) is 7.48. The maximum atomic E-state index is 12.4. The molecule has 0 saturated heterocycles. The smallest absolute Gasteiger partial charge is 0.311 e. The van der Waals surface area contributed by atoms with Gasteiger partial charge in [0, 0.05) is 44.8 Å². The monoisotopic (exact) mass is 445 g/mol. The summed E-state index contributed by atoms with van der Waals surface area (Å²) in [6.45, 7) is 4.65. The zero-order chi connectivity index (χ0) is 22.8. The highest BCUT2D eigenvalue weighted by molar-refractivity contribution is 5.72. The van der Waals surface area contributed by atoms with Gasteiger partial charge in [0.15, 0.2) is 0 Å². The number of ether oxygens (including phenoxy) is 3. The summed E-state index contributed by atoms with van der Waals surface area (Å²) < 4.78 is 16.4. The van der Waals surface area contributed by atoms with Gasteiger partial charge in [0.05, 0.1) is 0 Å². The summed E-state index contributed by atoms with van der Waals surface area (Å²) in [6, 6.07) is 6.42. The number of nitrogens with two attached hydrogens (primary N) is 1. The first-order chi connectivity index (χ1) is 15.5. The molecule has 3 atom stereocenters. The van der Waals surface area contributed by atoms with Crippen LogP contribution in [-0.2, 0) is 26.1 Å². The molecule has 0 amide bonds. The third kappa shape index (κ3) is 6.79. The van der Waals surface area contributed by atoms with E-state index in [4.69, 9.17) is 19.9 Å². The van der Waals surface area contributed by atoms with E-state index in [-0.39, 0.29) is 17.4 Å². The molecule has 32 heavy (non-hydrogen) atoms. The molecule has 1 saturated carbocycles. The number of benzene rings is 1. The van der Waals surface area contributed by atoms with Crippen molar-refractivity contribution in [3.05, 3.63) is 29.3 Å². The maximum Gasteiger partial charge on any atom is 0.311 e. The highest BCUT2D eigenvalue weighted by atomic mass is 16.5. The van der Waals surface area contributed by atoms with Gasteiger partial charge in [-0.1, -0.05) is 38.7 Å². The highest BCUT2D eigenvalue weighted by Crippen LogP contribution is 2.46. The fraction of sp³-hybridized carbons (Fsp3) is 0.741. The molecular formula is C27H43NO4. The van der Waals surface area contributed by atoms with Crippen molar-refractivity contribution in [3.8, 4) is 5.75 Å². The summed E-state index contributed by atoms with van der Waals surface area (Å²) in [5.41, 5.74) is 9.45. The largest absolute Gasteiger partial charge is 0.427 e. The van der Waals surface area contributed by atoms with Gasteiger partial charge in [0.1, 0.15) is 5.75 Å². The van der Waals surface area contributed by atoms with Crippen molar-refractivity contribution in [2.45, 2.75) is 95.4 Å². The van der Waals surface area contributed by atoms with Crippen LogP contribution in [0.3, 0.4) is 0 Å². The van der Waals surface area contributed by atoms with Crippen LogP contribution in [0.15, 0.2) is 18.2 Å². The molecule has 1 aromatic rings. The third-order valence-electron chi connectivity index (χ3n) is 7.48. The first kappa shape index (κ1) is 25.2. The molecule has 2 N–H and O–H groups in total. The number of unbranched alkanes of at least 4 members (excludes halogenated alkanes) is 3. The van der Waals surface area contributed by atoms with Crippen LogP contribution in [0.4, 0.5) is 0 Å². The van der Waals surface area contributed by atoms with Gasteiger partial charge in [0.2, 0.25) is 0 Å². The van der Waals surface area contributed by atoms with Crippen LogP contribution in [0.5, 0.6) is 5.75 Å². The Hall–Kier alpha value is -1.43. The number of hydrogen-bond donors (Lipinski definition) is 1. The van der Waals surface area contributed by atoms with Gasteiger partial charge in [0.25, 0.3) is 0 Å². The van der Waals surface area contributed by atoms with Gasteiger partial charge < -0.3 is 19.9 Å². The minimum atomic E-state index is -0.147. The molecule has 5 heteroatoms. The lowest BCUT2D eigenvalue weighted by atomic mass is 9.60. The molecule has 2 aliphatic carbocycles. The lowest BCUT2D eigenvalue weighted by molar-refractivity contribution is -0.134. The summed E-state index contributed by atoms with van der Waals surface area (Å²) in [4.78, 5) is 12.4. The number of esters is 1. The van der Waals surface area contributed by atoms with Gasteiger partial charge >= 0.3 is 5.97 Å². The van der Waals surface area contributed by atoms with Crippen molar-refractivity contribution >= 4 is 5.97 Å². The zero-order valence-electron chi connectivity index (χ0n) is 20.2. The Morgan fingerprint density at radius 1 is 1.06 bits per heavy atom.